The van der Waals surface area contributed by atoms with Crippen molar-refractivity contribution in [3.8, 4) is 0 Å². The molecule has 0 aromatic carbocycles. The zero-order chi connectivity index (χ0) is 12.4. The number of nitrogens with zero attached hydrogens (tertiary/aromatic N) is 2. The van der Waals surface area contributed by atoms with E-state index in [1.807, 2.05) is 11.7 Å². The van der Waals surface area contributed by atoms with Crippen LogP contribution in [-0.4, -0.2) is 28.7 Å². The van der Waals surface area contributed by atoms with Gasteiger partial charge in [-0.25, -0.2) is 0 Å². The van der Waals surface area contributed by atoms with Gasteiger partial charge in [-0.15, -0.1) is 0 Å². The van der Waals surface area contributed by atoms with Gasteiger partial charge in [0.15, 0.2) is 0 Å². The first-order valence-electron chi connectivity index (χ1n) is 6.07. The zero-order valence-electron chi connectivity index (χ0n) is 10.3. The van der Waals surface area contributed by atoms with Crippen LogP contribution in [0, 0.1) is 5.92 Å². The number of rotatable bonds is 4. The molecule has 0 radical (unpaired) electrons. The van der Waals surface area contributed by atoms with Crippen molar-refractivity contribution in [2.24, 2.45) is 13.0 Å². The SMILES string of the molecule is CCc1nn(C)c(CC(=O)C2CCNC2)c1Br. The van der Waals surface area contributed by atoms with Gasteiger partial charge in [-0.3, -0.25) is 9.48 Å². The molecular formula is C12H18BrN3O. The van der Waals surface area contributed by atoms with Crippen LogP contribution in [0.1, 0.15) is 24.7 Å². The summed E-state index contributed by atoms with van der Waals surface area (Å²) in [4.78, 5) is 12.1. The van der Waals surface area contributed by atoms with E-state index < -0.39 is 0 Å². The van der Waals surface area contributed by atoms with Gasteiger partial charge in [-0.05, 0) is 35.3 Å². The van der Waals surface area contributed by atoms with Crippen LogP contribution in [0.4, 0.5) is 0 Å². The van der Waals surface area contributed by atoms with Gasteiger partial charge in [0.1, 0.15) is 5.78 Å². The first-order chi connectivity index (χ1) is 8.13. The van der Waals surface area contributed by atoms with E-state index in [0.29, 0.717) is 12.2 Å². The Morgan fingerprint density at radius 1 is 1.65 bits per heavy atom. The number of hydrogen-bond acceptors (Lipinski definition) is 3. The van der Waals surface area contributed by atoms with E-state index >= 15 is 0 Å². The molecule has 0 aliphatic carbocycles. The van der Waals surface area contributed by atoms with Crippen LogP contribution in [0.25, 0.3) is 0 Å². The Balaban J connectivity index is 2.12. The lowest BCUT2D eigenvalue weighted by atomic mass is 9.99. The van der Waals surface area contributed by atoms with E-state index in [1.54, 1.807) is 0 Å². The molecule has 4 nitrogen and oxygen atoms in total. The molecule has 0 amide bonds. The van der Waals surface area contributed by atoms with Gasteiger partial charge in [0.25, 0.3) is 0 Å². The lowest BCUT2D eigenvalue weighted by Crippen LogP contribution is -2.20. The second kappa shape index (κ2) is 5.31. The minimum Gasteiger partial charge on any atom is -0.316 e. The maximum absolute atomic E-state index is 12.1. The van der Waals surface area contributed by atoms with Gasteiger partial charge < -0.3 is 5.32 Å². The first-order valence-corrected chi connectivity index (χ1v) is 6.86. The molecule has 2 heterocycles. The Kier molecular flexibility index (Phi) is 3.99. The third kappa shape index (κ3) is 2.60. The zero-order valence-corrected chi connectivity index (χ0v) is 11.9. The summed E-state index contributed by atoms with van der Waals surface area (Å²) in [5, 5.41) is 7.64. The van der Waals surface area contributed by atoms with Crippen LogP contribution in [0.3, 0.4) is 0 Å². The Hall–Kier alpha value is -0.680. The Bertz CT molecular complexity index is 422. The third-order valence-electron chi connectivity index (χ3n) is 3.36. The van der Waals surface area contributed by atoms with E-state index in [1.165, 1.54) is 0 Å². The van der Waals surface area contributed by atoms with Crippen molar-refractivity contribution in [3.05, 3.63) is 15.9 Å². The van der Waals surface area contributed by atoms with Crippen molar-refractivity contribution in [1.82, 2.24) is 15.1 Å². The number of carbonyl (C=O) groups is 1. The average molecular weight is 300 g/mol. The summed E-state index contributed by atoms with van der Waals surface area (Å²) in [6.07, 6.45) is 2.33. The van der Waals surface area contributed by atoms with Crippen LogP contribution in [0.2, 0.25) is 0 Å². The van der Waals surface area contributed by atoms with Crippen molar-refractivity contribution >= 4 is 21.7 Å². The summed E-state index contributed by atoms with van der Waals surface area (Å²) in [5.41, 5.74) is 2.03. The maximum atomic E-state index is 12.1. The van der Waals surface area contributed by atoms with Crippen molar-refractivity contribution in [3.63, 3.8) is 0 Å². The Morgan fingerprint density at radius 3 is 2.94 bits per heavy atom. The number of carbonyl (C=O) groups excluding carboxylic acids is 1. The Morgan fingerprint density at radius 2 is 2.41 bits per heavy atom. The molecule has 17 heavy (non-hydrogen) atoms. The number of Topliss-reactive ketones (excluding diaryl/α,β-unsaturated/α-hetero) is 1. The van der Waals surface area contributed by atoms with Gasteiger partial charge >= 0.3 is 0 Å². The van der Waals surface area contributed by atoms with Gasteiger partial charge in [0.05, 0.1) is 15.9 Å². The van der Waals surface area contributed by atoms with E-state index in [0.717, 1.165) is 41.8 Å². The minimum atomic E-state index is 0.182. The summed E-state index contributed by atoms with van der Waals surface area (Å²) in [6.45, 7) is 3.86. The fraction of sp³-hybridized carbons (Fsp3) is 0.667. The highest BCUT2D eigenvalue weighted by atomic mass is 79.9. The predicted octanol–water partition coefficient (Wildman–Crippen LogP) is 1.47. The van der Waals surface area contributed by atoms with Crippen LogP contribution >= 0.6 is 15.9 Å². The fourth-order valence-electron chi connectivity index (χ4n) is 2.25. The van der Waals surface area contributed by atoms with Crippen LogP contribution in [0.5, 0.6) is 0 Å². The standard InChI is InChI=1S/C12H18BrN3O/c1-3-9-12(13)10(16(2)15-9)6-11(17)8-4-5-14-7-8/h8,14H,3-7H2,1-2H3. The van der Waals surface area contributed by atoms with Crippen LogP contribution in [0.15, 0.2) is 4.47 Å². The minimum absolute atomic E-state index is 0.182. The van der Waals surface area contributed by atoms with Gasteiger partial charge in [0.2, 0.25) is 0 Å². The summed E-state index contributed by atoms with van der Waals surface area (Å²) in [7, 11) is 1.90. The van der Waals surface area contributed by atoms with Crippen molar-refractivity contribution in [2.45, 2.75) is 26.2 Å². The highest BCUT2D eigenvalue weighted by molar-refractivity contribution is 9.10. The number of aryl methyl sites for hydroxylation is 2. The molecule has 2 rings (SSSR count). The molecule has 1 aromatic rings. The van der Waals surface area contributed by atoms with Crippen molar-refractivity contribution in [2.75, 3.05) is 13.1 Å². The summed E-state index contributed by atoms with van der Waals surface area (Å²) in [5.74, 6) is 0.503. The molecule has 1 unspecified atom stereocenters. The summed E-state index contributed by atoms with van der Waals surface area (Å²) >= 11 is 3.55. The lowest BCUT2D eigenvalue weighted by Gasteiger charge is -2.07. The van der Waals surface area contributed by atoms with E-state index in [2.05, 4.69) is 33.3 Å². The number of ketones is 1. The number of halogens is 1. The summed E-state index contributed by atoms with van der Waals surface area (Å²) < 4.78 is 2.82. The maximum Gasteiger partial charge on any atom is 0.143 e. The number of nitrogens with one attached hydrogen (secondary N) is 1. The monoisotopic (exact) mass is 299 g/mol. The second-order valence-electron chi connectivity index (χ2n) is 4.52. The summed E-state index contributed by atoms with van der Waals surface area (Å²) in [6, 6.07) is 0. The molecule has 1 atom stereocenters. The molecule has 5 heteroatoms. The normalized spacial score (nSPS) is 19.8. The van der Waals surface area contributed by atoms with Crippen molar-refractivity contribution in [1.29, 1.82) is 0 Å². The van der Waals surface area contributed by atoms with Crippen molar-refractivity contribution < 1.29 is 4.79 Å². The molecule has 1 aliphatic heterocycles. The largest absolute Gasteiger partial charge is 0.316 e. The van der Waals surface area contributed by atoms with Gasteiger partial charge in [-0.2, -0.15) is 5.10 Å². The average Bonchev–Trinajstić information content (AvgIpc) is 2.92. The molecule has 1 aliphatic rings. The van der Waals surface area contributed by atoms with E-state index in [4.69, 9.17) is 0 Å². The molecule has 0 bridgehead atoms. The molecule has 1 saturated heterocycles. The fourth-order valence-corrected chi connectivity index (χ4v) is 3.01. The second-order valence-corrected chi connectivity index (χ2v) is 5.31. The molecule has 1 aromatic heterocycles. The van der Waals surface area contributed by atoms with Crippen LogP contribution in [-0.2, 0) is 24.7 Å². The van der Waals surface area contributed by atoms with Crippen LogP contribution < -0.4 is 5.32 Å². The van der Waals surface area contributed by atoms with E-state index in [9.17, 15) is 4.79 Å². The molecule has 0 saturated carbocycles. The molecule has 1 fully saturated rings. The molecular weight excluding hydrogens is 282 g/mol. The highest BCUT2D eigenvalue weighted by Gasteiger charge is 2.24. The quantitative estimate of drug-likeness (QED) is 0.916. The van der Waals surface area contributed by atoms with E-state index in [-0.39, 0.29) is 5.92 Å². The topological polar surface area (TPSA) is 46.9 Å². The molecule has 94 valence electrons. The Labute approximate surface area is 110 Å². The van der Waals surface area contributed by atoms with Gasteiger partial charge in [-0.1, -0.05) is 6.92 Å². The number of aromatic nitrogens is 2. The molecule has 1 N–H and O–H groups in total. The number of hydrogen-bond donors (Lipinski definition) is 1. The predicted molar refractivity (Wildman–Crippen MR) is 70.0 cm³/mol. The molecule has 0 spiro atoms. The third-order valence-corrected chi connectivity index (χ3v) is 4.28. The first kappa shape index (κ1) is 12.8. The smallest absolute Gasteiger partial charge is 0.143 e. The lowest BCUT2D eigenvalue weighted by molar-refractivity contribution is -0.121. The highest BCUT2D eigenvalue weighted by Crippen LogP contribution is 2.23. The van der Waals surface area contributed by atoms with Gasteiger partial charge in [0, 0.05) is 25.9 Å².